The topological polar surface area (TPSA) is 93.5 Å². The van der Waals surface area contributed by atoms with Crippen molar-refractivity contribution < 1.29 is 32.6 Å². The summed E-state index contributed by atoms with van der Waals surface area (Å²) in [5.41, 5.74) is -2.13. The molecule has 2 aromatic rings. The van der Waals surface area contributed by atoms with E-state index in [0.29, 0.717) is 23.9 Å². The Morgan fingerprint density at radius 3 is 2.73 bits per heavy atom. The summed E-state index contributed by atoms with van der Waals surface area (Å²) >= 11 is 0. The maximum atomic E-state index is 13.3. The Labute approximate surface area is 145 Å². The molecular weight excluding hydrogens is 355 g/mol. The maximum absolute atomic E-state index is 13.3. The van der Waals surface area contributed by atoms with E-state index in [-0.39, 0.29) is 17.3 Å². The highest BCUT2D eigenvalue weighted by molar-refractivity contribution is 5.94. The summed E-state index contributed by atoms with van der Waals surface area (Å²) in [6.45, 7) is 0.484. The fourth-order valence-electron chi connectivity index (χ4n) is 2.70. The van der Waals surface area contributed by atoms with Crippen molar-refractivity contribution >= 4 is 17.6 Å². The summed E-state index contributed by atoms with van der Waals surface area (Å²) < 4.78 is 45.6. The zero-order valence-electron chi connectivity index (χ0n) is 13.3. The zero-order chi connectivity index (χ0) is 18.9. The average molecular weight is 369 g/mol. The van der Waals surface area contributed by atoms with Crippen LogP contribution >= 0.6 is 0 Å². The molecule has 1 saturated heterocycles. The Morgan fingerprint density at radius 2 is 2.12 bits per heavy atom. The van der Waals surface area contributed by atoms with Crippen LogP contribution in [0, 0.1) is 0 Å². The molecule has 0 aliphatic carbocycles. The van der Waals surface area contributed by atoms with Crippen molar-refractivity contribution in [2.24, 2.45) is 0 Å². The summed E-state index contributed by atoms with van der Waals surface area (Å²) in [6, 6.07) is 5.55. The van der Waals surface area contributed by atoms with Gasteiger partial charge in [-0.15, -0.1) is 0 Å². The van der Waals surface area contributed by atoms with Gasteiger partial charge in [0.15, 0.2) is 5.69 Å². The second-order valence-corrected chi connectivity index (χ2v) is 5.66. The summed E-state index contributed by atoms with van der Waals surface area (Å²) in [6.07, 6.45) is -3.53. The highest BCUT2D eigenvalue weighted by Crippen LogP contribution is 2.34. The smallest absolute Gasteiger partial charge is 0.434 e. The number of rotatable bonds is 4. The van der Waals surface area contributed by atoms with Gasteiger partial charge in [-0.3, -0.25) is 4.79 Å². The molecule has 0 radical (unpaired) electrons. The number of carbonyl (C=O) groups is 2. The number of benzene rings is 1. The molecule has 1 aromatic heterocycles. The summed E-state index contributed by atoms with van der Waals surface area (Å²) in [5.74, 6) is -2.12. The SMILES string of the molecule is O=C(O)c1cnn(-c2cccc(NC(=O)C3CCCO3)c2)c1C(F)(F)F. The van der Waals surface area contributed by atoms with Gasteiger partial charge in [0.1, 0.15) is 11.7 Å². The number of ether oxygens (including phenoxy) is 1. The average Bonchev–Trinajstić information content (AvgIpc) is 3.24. The molecule has 0 spiro atoms. The molecule has 1 aliphatic heterocycles. The van der Waals surface area contributed by atoms with E-state index < -0.39 is 29.5 Å². The van der Waals surface area contributed by atoms with Gasteiger partial charge in [-0.25, -0.2) is 9.48 Å². The number of halogens is 3. The fourth-order valence-corrected chi connectivity index (χ4v) is 2.70. The van der Waals surface area contributed by atoms with Crippen LogP contribution in [0.4, 0.5) is 18.9 Å². The molecule has 1 aromatic carbocycles. The van der Waals surface area contributed by atoms with Crippen LogP contribution in [0.5, 0.6) is 0 Å². The number of carbonyl (C=O) groups excluding carboxylic acids is 1. The van der Waals surface area contributed by atoms with Crippen LogP contribution in [0.2, 0.25) is 0 Å². The van der Waals surface area contributed by atoms with Crippen LogP contribution in [0.25, 0.3) is 5.69 Å². The standard InChI is InChI=1S/C16H14F3N3O4/c17-16(18,19)13-11(15(24)25)8-20-22(13)10-4-1-3-9(7-10)21-14(23)12-5-2-6-26-12/h1,3-4,7-8,12H,2,5-6H2,(H,21,23)(H,24,25). The summed E-state index contributed by atoms with van der Waals surface area (Å²) in [5, 5.41) is 15.1. The number of hydrogen-bond acceptors (Lipinski definition) is 4. The van der Waals surface area contributed by atoms with Crippen molar-refractivity contribution in [1.82, 2.24) is 9.78 Å². The molecule has 26 heavy (non-hydrogen) atoms. The Bertz CT molecular complexity index is 842. The lowest BCUT2D eigenvalue weighted by Crippen LogP contribution is -2.26. The van der Waals surface area contributed by atoms with Crippen molar-refractivity contribution in [2.75, 3.05) is 11.9 Å². The highest BCUT2D eigenvalue weighted by Gasteiger charge is 2.40. The molecule has 3 rings (SSSR count). The van der Waals surface area contributed by atoms with Crippen LogP contribution in [-0.2, 0) is 15.7 Å². The lowest BCUT2D eigenvalue weighted by molar-refractivity contribution is -0.143. The third-order valence-corrected chi connectivity index (χ3v) is 3.85. The van der Waals surface area contributed by atoms with Crippen molar-refractivity contribution in [3.05, 3.63) is 41.7 Å². The first-order valence-electron chi connectivity index (χ1n) is 7.69. The van der Waals surface area contributed by atoms with E-state index in [4.69, 9.17) is 9.84 Å². The number of nitrogens with one attached hydrogen (secondary N) is 1. The number of amides is 1. The van der Waals surface area contributed by atoms with Gasteiger partial charge in [-0.1, -0.05) is 6.07 Å². The van der Waals surface area contributed by atoms with E-state index in [1.54, 1.807) is 0 Å². The van der Waals surface area contributed by atoms with Crippen molar-refractivity contribution in [3.63, 3.8) is 0 Å². The first-order chi connectivity index (χ1) is 12.3. The van der Waals surface area contributed by atoms with E-state index in [1.807, 2.05) is 0 Å². The minimum absolute atomic E-state index is 0.0324. The van der Waals surface area contributed by atoms with E-state index >= 15 is 0 Å². The number of carboxylic acid groups (broad SMARTS) is 1. The van der Waals surface area contributed by atoms with Gasteiger partial charge >= 0.3 is 12.1 Å². The molecule has 1 unspecified atom stereocenters. The van der Waals surface area contributed by atoms with Gasteiger partial charge in [0.2, 0.25) is 0 Å². The van der Waals surface area contributed by atoms with Crippen LogP contribution in [0.3, 0.4) is 0 Å². The molecule has 2 N–H and O–H groups in total. The number of anilines is 1. The van der Waals surface area contributed by atoms with Crippen molar-refractivity contribution in [2.45, 2.75) is 25.1 Å². The quantitative estimate of drug-likeness (QED) is 0.864. The number of hydrogen-bond donors (Lipinski definition) is 2. The first-order valence-corrected chi connectivity index (χ1v) is 7.69. The number of aromatic nitrogens is 2. The number of alkyl halides is 3. The van der Waals surface area contributed by atoms with Gasteiger partial charge < -0.3 is 15.2 Å². The third-order valence-electron chi connectivity index (χ3n) is 3.85. The Morgan fingerprint density at radius 1 is 1.35 bits per heavy atom. The van der Waals surface area contributed by atoms with Crippen LogP contribution < -0.4 is 5.32 Å². The van der Waals surface area contributed by atoms with E-state index in [2.05, 4.69) is 10.4 Å². The van der Waals surface area contributed by atoms with Crippen LogP contribution in [0.1, 0.15) is 28.9 Å². The Kier molecular flexibility index (Phi) is 4.68. The number of aromatic carboxylic acids is 1. The predicted molar refractivity (Wildman–Crippen MR) is 83.1 cm³/mol. The molecule has 0 bridgehead atoms. The van der Waals surface area contributed by atoms with Gasteiger partial charge in [-0.2, -0.15) is 18.3 Å². The minimum atomic E-state index is -4.92. The normalized spacial score (nSPS) is 17.3. The van der Waals surface area contributed by atoms with Crippen molar-refractivity contribution in [3.8, 4) is 5.69 Å². The number of carboxylic acids is 1. The molecule has 1 fully saturated rings. The maximum Gasteiger partial charge on any atom is 0.434 e. The second kappa shape index (κ2) is 6.79. The predicted octanol–water partition coefficient (Wildman–Crippen LogP) is 2.71. The van der Waals surface area contributed by atoms with E-state index in [9.17, 15) is 22.8 Å². The molecule has 0 saturated carbocycles. The molecule has 7 nitrogen and oxygen atoms in total. The minimum Gasteiger partial charge on any atom is -0.478 e. The molecule has 138 valence electrons. The Balaban J connectivity index is 1.93. The Hall–Kier alpha value is -2.88. The molecular formula is C16H14F3N3O4. The van der Waals surface area contributed by atoms with Gasteiger partial charge in [0.05, 0.1) is 11.9 Å². The van der Waals surface area contributed by atoms with E-state index in [1.165, 1.54) is 24.3 Å². The van der Waals surface area contributed by atoms with Gasteiger partial charge in [0.25, 0.3) is 5.91 Å². The molecule has 10 heteroatoms. The van der Waals surface area contributed by atoms with Crippen LogP contribution in [0.15, 0.2) is 30.5 Å². The van der Waals surface area contributed by atoms with Gasteiger partial charge in [0, 0.05) is 12.3 Å². The molecule has 1 amide bonds. The summed E-state index contributed by atoms with van der Waals surface area (Å²) in [4.78, 5) is 23.1. The van der Waals surface area contributed by atoms with E-state index in [0.717, 1.165) is 6.42 Å². The molecule has 1 atom stereocenters. The third kappa shape index (κ3) is 3.54. The molecule has 2 heterocycles. The summed E-state index contributed by atoms with van der Waals surface area (Å²) in [7, 11) is 0. The largest absolute Gasteiger partial charge is 0.478 e. The van der Waals surface area contributed by atoms with Crippen molar-refractivity contribution in [1.29, 1.82) is 0 Å². The zero-order valence-corrected chi connectivity index (χ0v) is 13.3. The monoisotopic (exact) mass is 369 g/mol. The lowest BCUT2D eigenvalue weighted by Gasteiger charge is -2.14. The second-order valence-electron chi connectivity index (χ2n) is 5.66. The lowest BCUT2D eigenvalue weighted by atomic mass is 10.2. The van der Waals surface area contributed by atoms with Gasteiger partial charge in [-0.05, 0) is 31.0 Å². The number of nitrogens with zero attached hydrogens (tertiary/aromatic N) is 2. The fraction of sp³-hybridized carbons (Fsp3) is 0.312. The van der Waals surface area contributed by atoms with Crippen LogP contribution in [-0.4, -0.2) is 39.5 Å². The highest BCUT2D eigenvalue weighted by atomic mass is 19.4. The first kappa shape index (κ1) is 17.9. The molecule has 1 aliphatic rings.